The minimum atomic E-state index is -1.22. The summed E-state index contributed by atoms with van der Waals surface area (Å²) in [5.74, 6) is 0.265. The number of imidazole rings is 2. The molecule has 1 spiro atoms. The molecule has 5 heterocycles. The van der Waals surface area contributed by atoms with Crippen LogP contribution in [0.15, 0.2) is 60.9 Å². The summed E-state index contributed by atoms with van der Waals surface area (Å²) in [6.07, 6.45) is 10.0. The first kappa shape index (κ1) is 43.9. The number of benzene rings is 2. The Hall–Kier alpha value is -5.34. The van der Waals surface area contributed by atoms with E-state index >= 15 is 0 Å². The number of rotatable bonds is 13. The zero-order chi connectivity index (χ0) is 45.4. The highest BCUT2D eigenvalue weighted by Crippen LogP contribution is 2.77. The molecule has 2 amide bonds. The Labute approximate surface area is 374 Å². The van der Waals surface area contributed by atoms with Gasteiger partial charge in [0.2, 0.25) is 0 Å². The van der Waals surface area contributed by atoms with Crippen LogP contribution in [0.2, 0.25) is 0 Å². The van der Waals surface area contributed by atoms with Gasteiger partial charge in [0.1, 0.15) is 24.9 Å². The Morgan fingerprint density at radius 2 is 1.12 bits per heavy atom. The fraction of sp³-hybridized carbons (Fsp3) is 0.560. The van der Waals surface area contributed by atoms with E-state index in [0.29, 0.717) is 17.6 Å². The van der Waals surface area contributed by atoms with E-state index in [0.717, 1.165) is 78.6 Å². The van der Waals surface area contributed by atoms with E-state index in [1.807, 2.05) is 0 Å². The van der Waals surface area contributed by atoms with Crippen LogP contribution in [0.4, 0.5) is 0 Å². The van der Waals surface area contributed by atoms with Gasteiger partial charge in [-0.05, 0) is 83.9 Å². The quantitative estimate of drug-likeness (QED) is 0.0962. The zero-order valence-corrected chi connectivity index (χ0v) is 38.3. The van der Waals surface area contributed by atoms with Gasteiger partial charge < -0.3 is 39.5 Å². The molecule has 4 N–H and O–H groups in total. The van der Waals surface area contributed by atoms with E-state index in [4.69, 9.17) is 28.9 Å². The number of esters is 2. The van der Waals surface area contributed by atoms with Crippen LogP contribution in [0.25, 0.3) is 33.6 Å². The number of carbonyl (C=O) groups excluding carboxylic acids is 4. The third kappa shape index (κ3) is 7.63. The number of H-pyrrole nitrogens is 2. The fourth-order valence-electron chi connectivity index (χ4n) is 11.2. The van der Waals surface area contributed by atoms with Gasteiger partial charge in [0.05, 0.1) is 48.1 Å². The number of ether oxygens (including phenoxy) is 4. The first-order valence-electron chi connectivity index (χ1n) is 22.9. The highest BCUT2D eigenvalue weighted by Gasteiger charge is 2.84. The molecule has 3 saturated carbocycles. The highest BCUT2D eigenvalue weighted by molar-refractivity contribution is 5.90. The molecule has 3 saturated heterocycles. The number of hydrogen-bond donors (Lipinski definition) is 4. The van der Waals surface area contributed by atoms with Gasteiger partial charge in [0, 0.05) is 25.2 Å². The average molecular weight is 875 g/mol. The van der Waals surface area contributed by atoms with Crippen molar-refractivity contribution >= 4 is 23.8 Å². The van der Waals surface area contributed by atoms with Crippen molar-refractivity contribution in [3.05, 3.63) is 72.6 Å². The van der Waals surface area contributed by atoms with Gasteiger partial charge in [-0.2, -0.15) is 0 Å². The van der Waals surface area contributed by atoms with Crippen molar-refractivity contribution in [3.8, 4) is 33.6 Å². The molecule has 3 aliphatic heterocycles. The summed E-state index contributed by atoms with van der Waals surface area (Å²) in [5, 5.41) is 6.53. The normalized spacial score (nSPS) is 28.8. The Balaban J connectivity index is 0.875. The maximum absolute atomic E-state index is 14.2. The van der Waals surface area contributed by atoms with E-state index in [2.05, 4.69) is 111 Å². The second kappa shape index (κ2) is 16.0. The van der Waals surface area contributed by atoms with Crippen LogP contribution in [0, 0.1) is 28.1 Å². The van der Waals surface area contributed by atoms with Crippen molar-refractivity contribution in [2.75, 3.05) is 13.2 Å². The molecule has 340 valence electrons. The number of fused-ring (bicyclic) bond motifs is 3. The van der Waals surface area contributed by atoms with Gasteiger partial charge in [0.15, 0.2) is 11.2 Å². The summed E-state index contributed by atoms with van der Waals surface area (Å²) in [5.41, 5.74) is 2.16. The number of carbonyl (C=O) groups is 4. The molecular weight excluding hydrogens is 813 g/mol. The average Bonchev–Trinajstić information content (AvgIpc) is 3.50. The topological polar surface area (TPSA) is 187 Å². The zero-order valence-electron chi connectivity index (χ0n) is 38.3. The molecule has 14 nitrogen and oxygen atoms in total. The molecule has 3 aliphatic carbocycles. The lowest BCUT2D eigenvalue weighted by atomic mass is 9.71. The van der Waals surface area contributed by atoms with Crippen LogP contribution in [0.3, 0.4) is 0 Å². The molecule has 0 radical (unpaired) electrons. The van der Waals surface area contributed by atoms with E-state index in [1.165, 1.54) is 13.8 Å². The van der Waals surface area contributed by atoms with Crippen molar-refractivity contribution in [1.82, 2.24) is 30.6 Å². The van der Waals surface area contributed by atoms with Crippen molar-refractivity contribution in [1.29, 1.82) is 0 Å². The second-order valence-corrected chi connectivity index (χ2v) is 21.1. The monoisotopic (exact) mass is 874 g/mol. The maximum Gasteiger partial charge on any atom is 0.302 e. The van der Waals surface area contributed by atoms with E-state index in [-0.39, 0.29) is 48.6 Å². The smallest absolute Gasteiger partial charge is 0.302 e. The molecule has 5 unspecified atom stereocenters. The van der Waals surface area contributed by atoms with Gasteiger partial charge >= 0.3 is 11.9 Å². The number of amides is 2. The van der Waals surface area contributed by atoms with E-state index < -0.39 is 46.1 Å². The molecule has 6 fully saturated rings. The van der Waals surface area contributed by atoms with Gasteiger partial charge in [-0.15, -0.1) is 0 Å². The van der Waals surface area contributed by atoms with E-state index in [9.17, 15) is 19.2 Å². The molecule has 2 aromatic carbocycles. The lowest BCUT2D eigenvalue weighted by Crippen LogP contribution is -2.71. The van der Waals surface area contributed by atoms with Gasteiger partial charge in [-0.25, -0.2) is 9.97 Å². The maximum atomic E-state index is 14.2. The third-order valence-electron chi connectivity index (χ3n) is 14.8. The molecular formula is C50H62N6O8. The molecule has 64 heavy (non-hydrogen) atoms. The molecule has 6 aliphatic rings. The van der Waals surface area contributed by atoms with Crippen LogP contribution >= 0.6 is 0 Å². The Kier molecular flexibility index (Phi) is 11.0. The minimum Gasteiger partial charge on any atom is -0.462 e. The summed E-state index contributed by atoms with van der Waals surface area (Å²) < 4.78 is 23.6. The predicted molar refractivity (Wildman–Crippen MR) is 238 cm³/mol. The van der Waals surface area contributed by atoms with Crippen LogP contribution in [0.1, 0.15) is 124 Å². The summed E-state index contributed by atoms with van der Waals surface area (Å²) in [6, 6.07) is 15.6. The molecule has 4 aromatic rings. The first-order chi connectivity index (χ1) is 30.3. The van der Waals surface area contributed by atoms with Crippen molar-refractivity contribution < 1.29 is 38.1 Å². The van der Waals surface area contributed by atoms with Crippen LogP contribution in [-0.2, 0) is 38.1 Å². The minimum absolute atomic E-state index is 0.0252. The lowest BCUT2D eigenvalue weighted by molar-refractivity contribution is -0.274. The first-order valence-corrected chi connectivity index (χ1v) is 22.9. The standard InChI is InChI=1S/C50H62N6O8/c1-28(57)61-26-49(34-17-20-36(63-49)21-18-34)44(59)55-40(46(3,4)5)42-51-24-37(53-42)32-13-9-30(10-14-32)31-11-15-33(16-12-31)38-25-52-43(54-38)41(47(6,7)8)56-45(60)50(27-62-29(2)58)48-23-35(48)19-22-39(48)64-50/h9-16,24-25,34-36,39-41H,17-23,26-27H2,1-8H3,(H,51,53)(H,52,54)(H,55,59)(H,56,60)/t34?,35?,36?,39?,40-,41-,48?,49?,50?/m1/s1. The summed E-state index contributed by atoms with van der Waals surface area (Å²) in [7, 11) is 0. The lowest BCUT2D eigenvalue weighted by Gasteiger charge is -2.53. The number of nitrogens with zero attached hydrogens (tertiary/aromatic N) is 2. The number of aromatic amines is 2. The highest BCUT2D eigenvalue weighted by atomic mass is 16.6. The number of aromatic nitrogens is 4. The molecule has 10 rings (SSSR count). The number of hydrogen-bond acceptors (Lipinski definition) is 10. The van der Waals surface area contributed by atoms with Crippen LogP contribution in [-0.4, -0.2) is 80.3 Å². The van der Waals surface area contributed by atoms with Crippen LogP contribution in [0.5, 0.6) is 0 Å². The third-order valence-corrected chi connectivity index (χ3v) is 14.8. The Morgan fingerprint density at radius 3 is 1.56 bits per heavy atom. The molecule has 2 bridgehead atoms. The van der Waals surface area contributed by atoms with Gasteiger partial charge in [-0.1, -0.05) is 90.1 Å². The largest absolute Gasteiger partial charge is 0.462 e. The van der Waals surface area contributed by atoms with Gasteiger partial charge in [-0.3, -0.25) is 19.2 Å². The van der Waals surface area contributed by atoms with Crippen molar-refractivity contribution in [2.45, 2.75) is 136 Å². The predicted octanol–water partition coefficient (Wildman–Crippen LogP) is 7.93. The molecule has 7 atom stereocenters. The van der Waals surface area contributed by atoms with Crippen LogP contribution < -0.4 is 10.6 Å². The Morgan fingerprint density at radius 1 is 0.656 bits per heavy atom. The summed E-state index contributed by atoms with van der Waals surface area (Å²) in [6.45, 7) is 14.9. The number of nitrogens with one attached hydrogen (secondary N) is 4. The summed E-state index contributed by atoms with van der Waals surface area (Å²) in [4.78, 5) is 68.7. The van der Waals surface area contributed by atoms with Crippen molar-refractivity contribution in [2.24, 2.45) is 28.1 Å². The second-order valence-electron chi connectivity index (χ2n) is 21.1. The molecule has 2 aromatic heterocycles. The SMILES string of the molecule is CC(=O)OCC1(C(=O)N[C@H](c2ncc(-c3ccc(-c4ccc(-c5cnc([C@@H](NC(=O)C6(COC(C)=O)OC7CCC8CC876)C(C)(C)C)[nH]5)cc4)cc3)[nH]2)C(C)(C)C)OC2CCC1CC2. The summed E-state index contributed by atoms with van der Waals surface area (Å²) >= 11 is 0. The van der Waals surface area contributed by atoms with Gasteiger partial charge in [0.25, 0.3) is 11.8 Å². The fourth-order valence-corrected chi connectivity index (χ4v) is 11.2. The van der Waals surface area contributed by atoms with E-state index in [1.54, 1.807) is 12.4 Å². The van der Waals surface area contributed by atoms with Crippen molar-refractivity contribution in [3.63, 3.8) is 0 Å². The Bertz CT molecular complexity index is 2290. The molecule has 14 heteroatoms.